The van der Waals surface area contributed by atoms with E-state index in [1.807, 2.05) is 49.6 Å². The van der Waals surface area contributed by atoms with E-state index in [4.69, 9.17) is 4.98 Å². The Bertz CT molecular complexity index is 800. The molecule has 1 aromatic carbocycles. The normalized spacial score (nSPS) is 14.4. The smallest absolute Gasteiger partial charge is 0.240 e. The van der Waals surface area contributed by atoms with Crippen molar-refractivity contribution < 1.29 is 9.59 Å². The van der Waals surface area contributed by atoms with Gasteiger partial charge in [0.15, 0.2) is 0 Å². The maximum atomic E-state index is 12.4. The zero-order chi connectivity index (χ0) is 18.7. The van der Waals surface area contributed by atoms with Gasteiger partial charge in [-0.3, -0.25) is 9.59 Å². The number of imidazole rings is 1. The molecule has 1 fully saturated rings. The topological polar surface area (TPSA) is 76.0 Å². The van der Waals surface area contributed by atoms with E-state index in [0.717, 1.165) is 42.5 Å². The molecular weight excluding hydrogens is 328 g/mol. The molecule has 6 nitrogen and oxygen atoms in total. The van der Waals surface area contributed by atoms with E-state index < -0.39 is 0 Å². The molecule has 0 aliphatic heterocycles. The van der Waals surface area contributed by atoms with Crippen molar-refractivity contribution in [2.24, 2.45) is 5.92 Å². The molecule has 3 rings (SSSR count). The number of aromatic nitrogens is 2. The number of hydrogen-bond acceptors (Lipinski definition) is 3. The van der Waals surface area contributed by atoms with Gasteiger partial charge in [0.05, 0.1) is 11.0 Å². The first-order valence-corrected chi connectivity index (χ1v) is 9.36. The van der Waals surface area contributed by atoms with Gasteiger partial charge in [-0.05, 0) is 52.2 Å². The molecule has 1 saturated carbocycles. The first kappa shape index (κ1) is 18.4. The first-order chi connectivity index (χ1) is 12.3. The molecule has 0 bridgehead atoms. The molecule has 0 saturated heterocycles. The third kappa shape index (κ3) is 4.84. The van der Waals surface area contributed by atoms with Gasteiger partial charge < -0.3 is 15.2 Å². The standard InChI is InChI=1S/C20H28N4O2/c1-20(2,3)23-18(25)13-24-16-8-5-4-7-15(16)22-17(24)9-6-12-21-19(26)14-10-11-14/h4-5,7-8,14H,6,9-13H2,1-3H3,(H,21,26)(H,23,25). The maximum absolute atomic E-state index is 12.4. The van der Waals surface area contributed by atoms with Crippen LogP contribution < -0.4 is 10.6 Å². The summed E-state index contributed by atoms with van der Waals surface area (Å²) in [6.07, 6.45) is 3.57. The van der Waals surface area contributed by atoms with Crippen molar-refractivity contribution in [2.75, 3.05) is 6.54 Å². The SMILES string of the molecule is CC(C)(C)NC(=O)Cn1c(CCCNC(=O)C2CC2)nc2ccccc21. The van der Waals surface area contributed by atoms with Crippen LogP contribution in [0.2, 0.25) is 0 Å². The summed E-state index contributed by atoms with van der Waals surface area (Å²) in [6.45, 7) is 6.81. The van der Waals surface area contributed by atoms with Gasteiger partial charge in [-0.1, -0.05) is 12.1 Å². The van der Waals surface area contributed by atoms with Crippen molar-refractivity contribution in [1.29, 1.82) is 0 Å². The number of aryl methyl sites for hydroxylation is 1. The summed E-state index contributed by atoms with van der Waals surface area (Å²) in [4.78, 5) is 28.8. The summed E-state index contributed by atoms with van der Waals surface area (Å²) >= 11 is 0. The van der Waals surface area contributed by atoms with E-state index >= 15 is 0 Å². The number of amides is 2. The lowest BCUT2D eigenvalue weighted by Gasteiger charge is -2.21. The molecule has 1 aliphatic carbocycles. The monoisotopic (exact) mass is 356 g/mol. The van der Waals surface area contributed by atoms with E-state index in [9.17, 15) is 9.59 Å². The molecule has 2 N–H and O–H groups in total. The quantitative estimate of drug-likeness (QED) is 0.748. The minimum absolute atomic E-state index is 0.0241. The number of rotatable bonds is 7. The van der Waals surface area contributed by atoms with E-state index in [0.29, 0.717) is 6.54 Å². The molecule has 2 aromatic rings. The fourth-order valence-corrected chi connectivity index (χ4v) is 3.04. The molecule has 0 spiro atoms. The Morgan fingerprint density at radius 1 is 1.23 bits per heavy atom. The first-order valence-electron chi connectivity index (χ1n) is 9.36. The molecular formula is C20H28N4O2. The van der Waals surface area contributed by atoms with Crippen LogP contribution in [0, 0.1) is 5.92 Å². The van der Waals surface area contributed by atoms with Gasteiger partial charge in [0.1, 0.15) is 12.4 Å². The number of hydrogen-bond donors (Lipinski definition) is 2. The van der Waals surface area contributed by atoms with Crippen molar-refractivity contribution in [3.05, 3.63) is 30.1 Å². The Morgan fingerprint density at radius 3 is 2.65 bits per heavy atom. The largest absolute Gasteiger partial charge is 0.356 e. The van der Waals surface area contributed by atoms with Gasteiger partial charge in [-0.25, -0.2) is 4.98 Å². The maximum Gasteiger partial charge on any atom is 0.240 e. The third-order valence-electron chi connectivity index (χ3n) is 4.37. The second-order valence-corrected chi connectivity index (χ2v) is 8.07. The number of nitrogens with one attached hydrogen (secondary N) is 2. The second kappa shape index (κ2) is 7.48. The highest BCUT2D eigenvalue weighted by Crippen LogP contribution is 2.28. The summed E-state index contributed by atoms with van der Waals surface area (Å²) in [5.41, 5.74) is 1.60. The highest BCUT2D eigenvalue weighted by molar-refractivity contribution is 5.81. The average Bonchev–Trinajstić information content (AvgIpc) is 3.35. The van der Waals surface area contributed by atoms with Crippen LogP contribution in [0.3, 0.4) is 0 Å². The second-order valence-electron chi connectivity index (χ2n) is 8.07. The molecule has 6 heteroatoms. The Balaban J connectivity index is 1.67. The Labute approximate surface area is 154 Å². The molecule has 2 amide bonds. The minimum Gasteiger partial charge on any atom is -0.356 e. The van der Waals surface area contributed by atoms with Crippen LogP contribution in [-0.2, 0) is 22.6 Å². The van der Waals surface area contributed by atoms with Crippen molar-refractivity contribution in [3.8, 4) is 0 Å². The molecule has 1 heterocycles. The van der Waals surface area contributed by atoms with Crippen LogP contribution in [0.5, 0.6) is 0 Å². The number of fused-ring (bicyclic) bond motifs is 1. The highest BCUT2D eigenvalue weighted by Gasteiger charge is 2.29. The lowest BCUT2D eigenvalue weighted by Crippen LogP contribution is -2.42. The van der Waals surface area contributed by atoms with Crippen molar-refractivity contribution in [3.63, 3.8) is 0 Å². The fraction of sp³-hybridized carbons (Fsp3) is 0.550. The summed E-state index contributed by atoms with van der Waals surface area (Å²) < 4.78 is 1.99. The number of nitrogens with zero attached hydrogens (tertiary/aromatic N) is 2. The lowest BCUT2D eigenvalue weighted by atomic mass is 10.1. The van der Waals surface area contributed by atoms with Crippen LogP contribution in [0.1, 0.15) is 45.9 Å². The zero-order valence-corrected chi connectivity index (χ0v) is 15.8. The van der Waals surface area contributed by atoms with Gasteiger partial charge >= 0.3 is 0 Å². The molecule has 0 atom stereocenters. The summed E-state index contributed by atoms with van der Waals surface area (Å²) in [5.74, 6) is 1.27. The van der Waals surface area contributed by atoms with Gasteiger partial charge in [0.2, 0.25) is 11.8 Å². The number of carbonyl (C=O) groups excluding carboxylic acids is 2. The lowest BCUT2D eigenvalue weighted by molar-refractivity contribution is -0.123. The summed E-state index contributed by atoms with van der Waals surface area (Å²) in [6, 6.07) is 7.87. The predicted octanol–water partition coefficient (Wildman–Crippen LogP) is 2.41. The van der Waals surface area contributed by atoms with Gasteiger partial charge in [-0.2, -0.15) is 0 Å². The van der Waals surface area contributed by atoms with Crippen LogP contribution in [-0.4, -0.2) is 33.4 Å². The Kier molecular flexibility index (Phi) is 5.30. The van der Waals surface area contributed by atoms with Crippen molar-refractivity contribution in [1.82, 2.24) is 20.2 Å². The number of carbonyl (C=O) groups is 2. The summed E-state index contributed by atoms with van der Waals surface area (Å²) in [5, 5.41) is 5.99. The Morgan fingerprint density at radius 2 is 1.96 bits per heavy atom. The van der Waals surface area contributed by atoms with E-state index in [2.05, 4.69) is 10.6 Å². The molecule has 140 valence electrons. The van der Waals surface area contributed by atoms with Crippen molar-refractivity contribution >= 4 is 22.8 Å². The van der Waals surface area contributed by atoms with Crippen LogP contribution in [0.15, 0.2) is 24.3 Å². The van der Waals surface area contributed by atoms with Gasteiger partial charge in [0, 0.05) is 24.4 Å². The third-order valence-corrected chi connectivity index (χ3v) is 4.37. The van der Waals surface area contributed by atoms with Crippen molar-refractivity contribution in [2.45, 2.75) is 58.5 Å². The van der Waals surface area contributed by atoms with Crippen LogP contribution in [0.4, 0.5) is 0 Å². The minimum atomic E-state index is -0.263. The molecule has 1 aliphatic rings. The van der Waals surface area contributed by atoms with E-state index in [-0.39, 0.29) is 29.8 Å². The van der Waals surface area contributed by atoms with Gasteiger partial charge in [0.25, 0.3) is 0 Å². The van der Waals surface area contributed by atoms with Crippen LogP contribution >= 0.6 is 0 Å². The number of benzene rings is 1. The summed E-state index contributed by atoms with van der Waals surface area (Å²) in [7, 11) is 0. The molecule has 0 radical (unpaired) electrons. The zero-order valence-electron chi connectivity index (χ0n) is 15.8. The molecule has 1 aromatic heterocycles. The van der Waals surface area contributed by atoms with E-state index in [1.54, 1.807) is 0 Å². The van der Waals surface area contributed by atoms with E-state index in [1.165, 1.54) is 0 Å². The fourth-order valence-electron chi connectivity index (χ4n) is 3.04. The number of para-hydroxylation sites is 2. The highest BCUT2D eigenvalue weighted by atomic mass is 16.2. The van der Waals surface area contributed by atoms with Gasteiger partial charge in [-0.15, -0.1) is 0 Å². The average molecular weight is 356 g/mol. The molecule has 0 unspecified atom stereocenters. The Hall–Kier alpha value is -2.37. The van der Waals surface area contributed by atoms with Crippen LogP contribution in [0.25, 0.3) is 11.0 Å². The predicted molar refractivity (Wildman–Crippen MR) is 102 cm³/mol. The molecule has 26 heavy (non-hydrogen) atoms.